The molecule has 106 valence electrons. The highest BCUT2D eigenvalue weighted by Gasteiger charge is 2.12. The van der Waals surface area contributed by atoms with Gasteiger partial charge in [-0.3, -0.25) is 4.79 Å². The van der Waals surface area contributed by atoms with Crippen molar-refractivity contribution >= 4 is 11.7 Å². The zero-order valence-electron chi connectivity index (χ0n) is 12.0. The summed E-state index contributed by atoms with van der Waals surface area (Å²) in [4.78, 5) is 20.4. The van der Waals surface area contributed by atoms with Gasteiger partial charge in [-0.2, -0.15) is 0 Å². The number of carbonyl (C=O) groups is 1. The monoisotopic (exact) mass is 266 g/mol. The smallest absolute Gasteiger partial charge is 0.270 e. The molecular weight excluding hydrogens is 244 g/mol. The molecular formula is C13H22N4O2. The van der Waals surface area contributed by atoms with Gasteiger partial charge >= 0.3 is 0 Å². The number of carbonyl (C=O) groups excluding carboxylic acids is 1. The highest BCUT2D eigenvalue weighted by molar-refractivity contribution is 5.93. The van der Waals surface area contributed by atoms with Gasteiger partial charge in [0.15, 0.2) is 0 Å². The summed E-state index contributed by atoms with van der Waals surface area (Å²) < 4.78 is 4.95. The fraction of sp³-hybridized carbons (Fsp3) is 0.615. The highest BCUT2D eigenvalue weighted by Crippen LogP contribution is 2.07. The van der Waals surface area contributed by atoms with Gasteiger partial charge in [0, 0.05) is 25.8 Å². The lowest BCUT2D eigenvalue weighted by Gasteiger charge is -2.12. The fourth-order valence-electron chi connectivity index (χ4n) is 1.46. The first kappa shape index (κ1) is 15.4. The average molecular weight is 266 g/mol. The molecule has 19 heavy (non-hydrogen) atoms. The Kier molecular flexibility index (Phi) is 6.21. The Morgan fingerprint density at radius 3 is 2.84 bits per heavy atom. The molecule has 0 radical (unpaired) electrons. The molecule has 0 aliphatic rings. The largest absolute Gasteiger partial charge is 0.383 e. The molecule has 1 atom stereocenters. The van der Waals surface area contributed by atoms with Gasteiger partial charge in [-0.15, -0.1) is 0 Å². The van der Waals surface area contributed by atoms with Crippen molar-refractivity contribution in [3.63, 3.8) is 0 Å². The Hall–Kier alpha value is -1.69. The van der Waals surface area contributed by atoms with E-state index in [4.69, 9.17) is 4.74 Å². The highest BCUT2D eigenvalue weighted by atomic mass is 16.5. The maximum Gasteiger partial charge on any atom is 0.270 e. The number of hydrogen-bond acceptors (Lipinski definition) is 5. The number of aryl methyl sites for hydroxylation is 1. The third-order valence-electron chi connectivity index (χ3n) is 2.67. The van der Waals surface area contributed by atoms with E-state index in [0.29, 0.717) is 30.5 Å². The summed E-state index contributed by atoms with van der Waals surface area (Å²) >= 11 is 0. The second kappa shape index (κ2) is 7.68. The molecule has 0 saturated carbocycles. The summed E-state index contributed by atoms with van der Waals surface area (Å²) in [5, 5.41) is 5.98. The number of aromatic nitrogens is 2. The van der Waals surface area contributed by atoms with E-state index in [2.05, 4.69) is 20.6 Å². The quantitative estimate of drug-likeness (QED) is 0.729. The summed E-state index contributed by atoms with van der Waals surface area (Å²) in [5.74, 6) is 1.03. The molecule has 1 aromatic heterocycles. The average Bonchev–Trinajstić information content (AvgIpc) is 2.38. The van der Waals surface area contributed by atoms with E-state index in [-0.39, 0.29) is 11.9 Å². The van der Waals surface area contributed by atoms with Gasteiger partial charge in [0.1, 0.15) is 17.3 Å². The lowest BCUT2D eigenvalue weighted by molar-refractivity contribution is 0.0934. The predicted octanol–water partition coefficient (Wildman–Crippen LogP) is 1.37. The van der Waals surface area contributed by atoms with Gasteiger partial charge in [-0.25, -0.2) is 9.97 Å². The standard InChI is InChI=1S/C13H22N4O2/c1-5-9(2)15-13(18)11-8-12(14-6-7-19-4)17-10(3)16-11/h8-9H,5-7H2,1-4H3,(H,15,18)(H,14,16,17). The zero-order valence-corrected chi connectivity index (χ0v) is 12.0. The molecule has 0 aliphatic heterocycles. The van der Waals surface area contributed by atoms with Gasteiger partial charge < -0.3 is 15.4 Å². The lowest BCUT2D eigenvalue weighted by Crippen LogP contribution is -2.32. The van der Waals surface area contributed by atoms with Gasteiger partial charge in [-0.1, -0.05) is 6.92 Å². The van der Waals surface area contributed by atoms with Crippen LogP contribution in [0.3, 0.4) is 0 Å². The summed E-state index contributed by atoms with van der Waals surface area (Å²) in [6, 6.07) is 1.79. The number of rotatable bonds is 7. The van der Waals surface area contributed by atoms with Crippen LogP contribution in [0.2, 0.25) is 0 Å². The topological polar surface area (TPSA) is 76.1 Å². The Morgan fingerprint density at radius 2 is 2.21 bits per heavy atom. The molecule has 1 unspecified atom stereocenters. The normalized spacial score (nSPS) is 12.0. The molecule has 0 bridgehead atoms. The number of anilines is 1. The first-order chi connectivity index (χ1) is 9.06. The Balaban J connectivity index is 2.75. The number of nitrogens with zero attached hydrogens (tertiary/aromatic N) is 2. The van der Waals surface area contributed by atoms with Crippen molar-refractivity contribution in [2.75, 3.05) is 25.6 Å². The molecule has 6 heteroatoms. The van der Waals surface area contributed by atoms with E-state index in [1.54, 1.807) is 20.1 Å². The van der Waals surface area contributed by atoms with Crippen LogP contribution in [-0.4, -0.2) is 42.2 Å². The van der Waals surface area contributed by atoms with Gasteiger partial charge in [0.25, 0.3) is 5.91 Å². The molecule has 0 saturated heterocycles. The van der Waals surface area contributed by atoms with Crippen LogP contribution in [0.4, 0.5) is 5.82 Å². The Labute approximate surface area is 114 Å². The van der Waals surface area contributed by atoms with Crippen molar-refractivity contribution < 1.29 is 9.53 Å². The first-order valence-corrected chi connectivity index (χ1v) is 6.46. The fourth-order valence-corrected chi connectivity index (χ4v) is 1.46. The van der Waals surface area contributed by atoms with Crippen molar-refractivity contribution in [3.05, 3.63) is 17.6 Å². The van der Waals surface area contributed by atoms with Crippen molar-refractivity contribution in [2.45, 2.75) is 33.2 Å². The van der Waals surface area contributed by atoms with E-state index in [9.17, 15) is 4.79 Å². The molecule has 1 rings (SSSR count). The van der Waals surface area contributed by atoms with Crippen LogP contribution in [0.1, 0.15) is 36.6 Å². The van der Waals surface area contributed by atoms with Gasteiger partial charge in [-0.05, 0) is 20.3 Å². The number of amides is 1. The summed E-state index contributed by atoms with van der Waals surface area (Å²) in [7, 11) is 1.64. The van der Waals surface area contributed by atoms with Gasteiger partial charge in [0.2, 0.25) is 0 Å². The van der Waals surface area contributed by atoms with Crippen LogP contribution >= 0.6 is 0 Å². The third kappa shape index (κ3) is 5.21. The molecule has 1 amide bonds. The zero-order chi connectivity index (χ0) is 14.3. The van der Waals surface area contributed by atoms with Crippen molar-refractivity contribution in [1.29, 1.82) is 0 Å². The van der Waals surface area contributed by atoms with Crippen molar-refractivity contribution in [2.24, 2.45) is 0 Å². The maximum absolute atomic E-state index is 12.0. The van der Waals surface area contributed by atoms with Crippen LogP contribution in [0, 0.1) is 6.92 Å². The van der Waals surface area contributed by atoms with E-state index < -0.39 is 0 Å². The van der Waals surface area contributed by atoms with E-state index >= 15 is 0 Å². The number of methoxy groups -OCH3 is 1. The number of ether oxygens (including phenoxy) is 1. The minimum absolute atomic E-state index is 0.132. The molecule has 0 fully saturated rings. The van der Waals surface area contributed by atoms with Crippen molar-refractivity contribution in [3.8, 4) is 0 Å². The van der Waals surface area contributed by atoms with Crippen LogP contribution in [0.5, 0.6) is 0 Å². The summed E-state index contributed by atoms with van der Waals surface area (Å²) in [6.45, 7) is 6.97. The van der Waals surface area contributed by atoms with Crippen LogP contribution in [0.15, 0.2) is 6.07 Å². The minimum Gasteiger partial charge on any atom is -0.383 e. The molecule has 6 nitrogen and oxygen atoms in total. The molecule has 1 heterocycles. The van der Waals surface area contributed by atoms with E-state index in [1.807, 2.05) is 13.8 Å². The van der Waals surface area contributed by atoms with E-state index in [1.165, 1.54) is 0 Å². The minimum atomic E-state index is -0.172. The Bertz CT molecular complexity index is 423. The summed E-state index contributed by atoms with van der Waals surface area (Å²) in [6.07, 6.45) is 0.884. The van der Waals surface area contributed by atoms with Crippen LogP contribution in [-0.2, 0) is 4.74 Å². The molecule has 0 aromatic carbocycles. The van der Waals surface area contributed by atoms with Gasteiger partial charge in [0.05, 0.1) is 6.61 Å². The first-order valence-electron chi connectivity index (χ1n) is 6.46. The third-order valence-corrected chi connectivity index (χ3v) is 2.67. The number of hydrogen-bond donors (Lipinski definition) is 2. The maximum atomic E-state index is 12.0. The molecule has 0 spiro atoms. The van der Waals surface area contributed by atoms with E-state index in [0.717, 1.165) is 6.42 Å². The second-order valence-corrected chi connectivity index (χ2v) is 4.39. The molecule has 0 aliphatic carbocycles. The second-order valence-electron chi connectivity index (χ2n) is 4.39. The summed E-state index contributed by atoms with van der Waals surface area (Å²) in [5.41, 5.74) is 0.382. The van der Waals surface area contributed by atoms with Crippen molar-refractivity contribution in [1.82, 2.24) is 15.3 Å². The lowest BCUT2D eigenvalue weighted by atomic mass is 10.2. The predicted molar refractivity (Wildman–Crippen MR) is 74.4 cm³/mol. The van der Waals surface area contributed by atoms with Crippen LogP contribution < -0.4 is 10.6 Å². The molecule has 2 N–H and O–H groups in total. The SMILES string of the molecule is CCC(C)NC(=O)c1cc(NCCOC)nc(C)n1. The Morgan fingerprint density at radius 1 is 1.47 bits per heavy atom. The van der Waals surface area contributed by atoms with Crippen LogP contribution in [0.25, 0.3) is 0 Å². The number of nitrogens with one attached hydrogen (secondary N) is 2. The molecule has 1 aromatic rings.